The number of nitro groups is 1. The molecule has 2 aliphatic heterocycles. The summed E-state index contributed by atoms with van der Waals surface area (Å²) in [7, 11) is 0. The van der Waals surface area contributed by atoms with Gasteiger partial charge in [-0.25, -0.2) is 0 Å². The van der Waals surface area contributed by atoms with Crippen molar-refractivity contribution in [3.8, 4) is 0 Å². The summed E-state index contributed by atoms with van der Waals surface area (Å²) < 4.78 is 0. The Labute approximate surface area is 148 Å². The number of nitrogens with zero attached hydrogens (tertiary/aromatic N) is 3. The highest BCUT2D eigenvalue weighted by Crippen LogP contribution is 2.32. The van der Waals surface area contributed by atoms with Gasteiger partial charge in [0.05, 0.1) is 4.92 Å². The van der Waals surface area contributed by atoms with Crippen molar-refractivity contribution in [3.63, 3.8) is 0 Å². The van der Waals surface area contributed by atoms with Crippen LogP contribution in [0, 0.1) is 16.0 Å². The van der Waals surface area contributed by atoms with Gasteiger partial charge in [-0.1, -0.05) is 6.92 Å². The van der Waals surface area contributed by atoms with Crippen molar-refractivity contribution < 1.29 is 9.72 Å². The fourth-order valence-electron chi connectivity index (χ4n) is 3.55. The van der Waals surface area contributed by atoms with Gasteiger partial charge in [-0.05, 0) is 43.9 Å². The largest absolute Gasteiger partial charge is 0.366 e. The summed E-state index contributed by atoms with van der Waals surface area (Å²) in [4.78, 5) is 27.8. The Morgan fingerprint density at radius 2 is 1.96 bits per heavy atom. The molecule has 1 aromatic carbocycles. The maximum atomic E-state index is 12.7. The quantitative estimate of drug-likeness (QED) is 0.671. The molecule has 2 heterocycles. The molecule has 1 aromatic rings. The maximum Gasteiger partial charge on any atom is 0.293 e. The van der Waals surface area contributed by atoms with E-state index in [-0.39, 0.29) is 16.5 Å². The van der Waals surface area contributed by atoms with E-state index in [0.717, 1.165) is 45.4 Å². The van der Waals surface area contributed by atoms with Crippen LogP contribution in [0.25, 0.3) is 0 Å². The first-order valence-corrected chi connectivity index (χ1v) is 9.09. The molecule has 3 rings (SSSR count). The van der Waals surface area contributed by atoms with Gasteiger partial charge < -0.3 is 15.1 Å². The van der Waals surface area contributed by atoms with Crippen molar-refractivity contribution in [3.05, 3.63) is 33.9 Å². The Bertz CT molecular complexity index is 633. The lowest BCUT2D eigenvalue weighted by Crippen LogP contribution is -2.35. The summed E-state index contributed by atoms with van der Waals surface area (Å²) in [6, 6.07) is 4.94. The molecule has 7 heteroatoms. The van der Waals surface area contributed by atoms with Gasteiger partial charge in [-0.2, -0.15) is 0 Å². The number of amides is 1. The number of hydrogen-bond donors (Lipinski definition) is 1. The zero-order valence-corrected chi connectivity index (χ0v) is 14.7. The van der Waals surface area contributed by atoms with Crippen LogP contribution in [-0.4, -0.2) is 55.0 Å². The normalized spacial score (nSPS) is 19.6. The van der Waals surface area contributed by atoms with Gasteiger partial charge in [-0.15, -0.1) is 0 Å². The van der Waals surface area contributed by atoms with E-state index < -0.39 is 0 Å². The number of hydrogen-bond acceptors (Lipinski definition) is 5. The zero-order chi connectivity index (χ0) is 17.8. The van der Waals surface area contributed by atoms with Crippen molar-refractivity contribution in [2.24, 2.45) is 5.92 Å². The van der Waals surface area contributed by atoms with Gasteiger partial charge >= 0.3 is 0 Å². The summed E-state index contributed by atoms with van der Waals surface area (Å²) in [5.41, 5.74) is 1.07. The molecule has 0 bridgehead atoms. The highest BCUT2D eigenvalue weighted by Gasteiger charge is 2.26. The van der Waals surface area contributed by atoms with Gasteiger partial charge in [0.1, 0.15) is 5.69 Å². The molecule has 7 nitrogen and oxygen atoms in total. The van der Waals surface area contributed by atoms with E-state index in [4.69, 9.17) is 0 Å². The average molecular weight is 346 g/mol. The Hall–Kier alpha value is -2.15. The molecular weight excluding hydrogens is 320 g/mol. The fourth-order valence-corrected chi connectivity index (χ4v) is 3.55. The van der Waals surface area contributed by atoms with E-state index in [0.29, 0.717) is 30.3 Å². The van der Waals surface area contributed by atoms with Crippen molar-refractivity contribution in [2.45, 2.75) is 26.2 Å². The van der Waals surface area contributed by atoms with Crippen LogP contribution < -0.4 is 10.2 Å². The second kappa shape index (κ2) is 7.82. The van der Waals surface area contributed by atoms with E-state index in [9.17, 15) is 14.9 Å². The molecule has 0 atom stereocenters. The molecule has 2 fully saturated rings. The number of anilines is 1. The highest BCUT2D eigenvalue weighted by molar-refractivity contribution is 5.95. The number of rotatable bonds is 3. The maximum absolute atomic E-state index is 12.7. The van der Waals surface area contributed by atoms with E-state index in [1.54, 1.807) is 17.0 Å². The lowest BCUT2D eigenvalue weighted by molar-refractivity contribution is -0.384. The Morgan fingerprint density at radius 1 is 1.20 bits per heavy atom. The Morgan fingerprint density at radius 3 is 2.68 bits per heavy atom. The monoisotopic (exact) mass is 346 g/mol. The van der Waals surface area contributed by atoms with Crippen LogP contribution in [0.15, 0.2) is 18.2 Å². The number of carbonyl (C=O) groups is 1. The van der Waals surface area contributed by atoms with Crippen molar-refractivity contribution in [2.75, 3.05) is 44.2 Å². The van der Waals surface area contributed by atoms with E-state index in [1.807, 2.05) is 0 Å². The topological polar surface area (TPSA) is 78.7 Å². The van der Waals surface area contributed by atoms with Gasteiger partial charge in [-0.3, -0.25) is 14.9 Å². The first-order chi connectivity index (χ1) is 12.1. The lowest BCUT2D eigenvalue weighted by Gasteiger charge is -2.31. The van der Waals surface area contributed by atoms with Crippen molar-refractivity contribution in [1.29, 1.82) is 0 Å². The molecule has 1 N–H and O–H groups in total. The van der Waals surface area contributed by atoms with E-state index in [2.05, 4.69) is 17.1 Å². The molecule has 2 aliphatic rings. The third-order valence-corrected chi connectivity index (χ3v) is 5.17. The number of benzene rings is 1. The third-order valence-electron chi connectivity index (χ3n) is 5.17. The smallest absolute Gasteiger partial charge is 0.293 e. The average Bonchev–Trinajstić information content (AvgIpc) is 2.90. The number of nitrogens with one attached hydrogen (secondary N) is 1. The molecule has 0 unspecified atom stereocenters. The van der Waals surface area contributed by atoms with Crippen molar-refractivity contribution in [1.82, 2.24) is 10.2 Å². The van der Waals surface area contributed by atoms with Gasteiger partial charge in [0.15, 0.2) is 0 Å². The third kappa shape index (κ3) is 4.10. The van der Waals surface area contributed by atoms with E-state index in [1.165, 1.54) is 6.07 Å². The van der Waals surface area contributed by atoms with Gasteiger partial charge in [0, 0.05) is 44.4 Å². The molecule has 136 valence electrons. The van der Waals surface area contributed by atoms with Crippen LogP contribution in [0.5, 0.6) is 0 Å². The van der Waals surface area contributed by atoms with Gasteiger partial charge in [0.25, 0.3) is 11.6 Å². The summed E-state index contributed by atoms with van der Waals surface area (Å²) in [5.74, 6) is 0.540. The fraction of sp³-hybridized carbons (Fsp3) is 0.611. The minimum absolute atomic E-state index is 0.0355. The predicted octanol–water partition coefficient (Wildman–Crippen LogP) is 2.27. The molecule has 25 heavy (non-hydrogen) atoms. The summed E-state index contributed by atoms with van der Waals surface area (Å²) >= 11 is 0. The molecule has 0 aliphatic carbocycles. The molecule has 0 radical (unpaired) electrons. The van der Waals surface area contributed by atoms with Crippen LogP contribution in [0.1, 0.15) is 36.5 Å². The van der Waals surface area contributed by atoms with Crippen LogP contribution in [-0.2, 0) is 0 Å². The Balaban J connectivity index is 1.83. The summed E-state index contributed by atoms with van der Waals surface area (Å²) in [5, 5.41) is 14.8. The number of carbonyl (C=O) groups excluding carboxylic acids is 1. The summed E-state index contributed by atoms with van der Waals surface area (Å²) in [6.07, 6.45) is 2.98. The highest BCUT2D eigenvalue weighted by atomic mass is 16.6. The van der Waals surface area contributed by atoms with E-state index >= 15 is 0 Å². The SMILES string of the molecule is CC1CCN(c2ccc(C(=O)N3CCCNCC3)cc2[N+](=O)[O-])CC1. The van der Waals surface area contributed by atoms with Crippen LogP contribution in [0.4, 0.5) is 11.4 Å². The summed E-state index contributed by atoms with van der Waals surface area (Å²) in [6.45, 7) is 6.85. The lowest BCUT2D eigenvalue weighted by atomic mass is 9.98. The van der Waals surface area contributed by atoms with Crippen LogP contribution >= 0.6 is 0 Å². The first-order valence-electron chi connectivity index (χ1n) is 9.09. The number of piperidine rings is 1. The van der Waals surface area contributed by atoms with Crippen LogP contribution in [0.3, 0.4) is 0 Å². The van der Waals surface area contributed by atoms with Gasteiger partial charge in [0.2, 0.25) is 0 Å². The number of nitro benzene ring substituents is 1. The molecule has 1 amide bonds. The molecular formula is C18H26N4O3. The second-order valence-electron chi connectivity index (χ2n) is 7.03. The first kappa shape index (κ1) is 17.7. The van der Waals surface area contributed by atoms with Crippen molar-refractivity contribution >= 4 is 17.3 Å². The minimum atomic E-state index is -0.367. The minimum Gasteiger partial charge on any atom is -0.366 e. The molecule has 2 saturated heterocycles. The molecule has 0 spiro atoms. The standard InChI is InChI=1S/C18H26N4O3/c1-14-5-10-20(11-6-14)16-4-3-15(13-17(16)22(24)25)18(23)21-9-2-7-19-8-12-21/h3-4,13-14,19H,2,5-12H2,1H3. The molecule has 0 saturated carbocycles. The van der Waals surface area contributed by atoms with Crippen LogP contribution in [0.2, 0.25) is 0 Å². The molecule has 0 aromatic heterocycles. The second-order valence-corrected chi connectivity index (χ2v) is 7.03. The predicted molar refractivity (Wildman–Crippen MR) is 97.1 cm³/mol. The zero-order valence-electron chi connectivity index (χ0n) is 14.7. The Kier molecular flexibility index (Phi) is 5.53.